The molecule has 10 nitrogen and oxygen atoms in total. The van der Waals surface area contributed by atoms with E-state index in [1.165, 1.54) is 0 Å². The van der Waals surface area contributed by atoms with Gasteiger partial charge in [-0.05, 0) is 0 Å². The summed E-state index contributed by atoms with van der Waals surface area (Å²) in [6, 6.07) is 0. The first-order valence-electron chi connectivity index (χ1n) is 4.45. The van der Waals surface area contributed by atoms with E-state index in [4.69, 9.17) is 5.11 Å². The molecule has 0 radical (unpaired) electrons. The summed E-state index contributed by atoms with van der Waals surface area (Å²) in [4.78, 5) is 28.3. The number of nitrogens with zero attached hydrogens (tertiary/aromatic N) is 4. The number of imidazole rings is 1. The van der Waals surface area contributed by atoms with Crippen molar-refractivity contribution in [3.63, 3.8) is 0 Å². The molecule has 17 heavy (non-hydrogen) atoms. The lowest BCUT2D eigenvalue weighted by molar-refractivity contribution is 0.0685. The predicted octanol–water partition coefficient (Wildman–Crippen LogP) is -1.45. The molecule has 2 aromatic rings. The van der Waals surface area contributed by atoms with Crippen LogP contribution in [0.2, 0.25) is 0 Å². The van der Waals surface area contributed by atoms with Gasteiger partial charge >= 0.3 is 5.97 Å². The first-order valence-corrected chi connectivity index (χ1v) is 4.45. The van der Waals surface area contributed by atoms with Crippen LogP contribution in [-0.2, 0) is 6.54 Å². The summed E-state index contributed by atoms with van der Waals surface area (Å²) < 4.78 is 0. The van der Waals surface area contributed by atoms with E-state index in [9.17, 15) is 9.59 Å². The zero-order valence-corrected chi connectivity index (χ0v) is 8.34. The summed E-state index contributed by atoms with van der Waals surface area (Å²) in [7, 11) is 0. The van der Waals surface area contributed by atoms with Crippen LogP contribution < -0.4 is 5.32 Å². The van der Waals surface area contributed by atoms with Gasteiger partial charge < -0.3 is 15.4 Å². The van der Waals surface area contributed by atoms with Gasteiger partial charge in [-0.2, -0.15) is 5.21 Å². The predicted molar refractivity (Wildman–Crippen MR) is 50.9 cm³/mol. The Labute approximate surface area is 93.5 Å². The second-order valence-corrected chi connectivity index (χ2v) is 2.94. The molecule has 2 aromatic heterocycles. The van der Waals surface area contributed by atoms with Crippen molar-refractivity contribution in [3.05, 3.63) is 23.5 Å². The lowest BCUT2D eigenvalue weighted by atomic mass is 10.3. The van der Waals surface area contributed by atoms with Gasteiger partial charge in [0, 0.05) is 0 Å². The third kappa shape index (κ3) is 2.25. The number of rotatable bonds is 4. The molecule has 0 aliphatic carbocycles. The normalized spacial score (nSPS) is 10.1. The van der Waals surface area contributed by atoms with Crippen LogP contribution >= 0.6 is 0 Å². The summed E-state index contributed by atoms with van der Waals surface area (Å²) in [5.41, 5.74) is -0.461. The van der Waals surface area contributed by atoms with E-state index in [-0.39, 0.29) is 23.8 Å². The van der Waals surface area contributed by atoms with E-state index >= 15 is 0 Å². The molecule has 0 saturated heterocycles. The quantitative estimate of drug-likeness (QED) is 0.508. The number of aromatic nitrogens is 6. The molecule has 1 amide bonds. The SMILES string of the molecule is O=C(NCc1nn[nH]n1)c1nc[nH]c1C(=O)O. The fourth-order valence-electron chi connectivity index (χ4n) is 1.13. The van der Waals surface area contributed by atoms with Gasteiger partial charge in [-0.15, -0.1) is 10.2 Å². The Bertz CT molecular complexity index is 531. The highest BCUT2D eigenvalue weighted by Gasteiger charge is 2.19. The molecule has 2 heterocycles. The number of carbonyl (C=O) groups excluding carboxylic acids is 1. The van der Waals surface area contributed by atoms with Crippen molar-refractivity contribution in [2.45, 2.75) is 6.54 Å². The van der Waals surface area contributed by atoms with Gasteiger partial charge in [0.15, 0.2) is 17.2 Å². The van der Waals surface area contributed by atoms with Crippen molar-refractivity contribution in [2.75, 3.05) is 0 Å². The molecule has 0 fully saturated rings. The fourth-order valence-corrected chi connectivity index (χ4v) is 1.13. The summed E-state index contributed by atoms with van der Waals surface area (Å²) >= 11 is 0. The first kappa shape index (κ1) is 10.7. The molecule has 0 aliphatic rings. The van der Waals surface area contributed by atoms with Gasteiger partial charge in [-0.1, -0.05) is 5.21 Å². The van der Waals surface area contributed by atoms with Crippen molar-refractivity contribution in [3.8, 4) is 0 Å². The van der Waals surface area contributed by atoms with Crippen molar-refractivity contribution in [1.29, 1.82) is 0 Å². The van der Waals surface area contributed by atoms with Crippen molar-refractivity contribution < 1.29 is 14.7 Å². The Hall–Kier alpha value is -2.78. The molecule has 0 saturated carbocycles. The maximum atomic E-state index is 11.6. The lowest BCUT2D eigenvalue weighted by Crippen LogP contribution is -2.25. The minimum absolute atomic E-state index is 0.0290. The molecule has 0 atom stereocenters. The third-order valence-electron chi connectivity index (χ3n) is 1.86. The summed E-state index contributed by atoms with van der Waals surface area (Å²) in [6.45, 7) is 0.0290. The van der Waals surface area contributed by atoms with Crippen LogP contribution in [0.5, 0.6) is 0 Å². The molecule has 2 rings (SSSR count). The van der Waals surface area contributed by atoms with Crippen LogP contribution in [-0.4, -0.2) is 47.6 Å². The second kappa shape index (κ2) is 4.38. The van der Waals surface area contributed by atoms with Crippen LogP contribution in [0, 0.1) is 0 Å². The van der Waals surface area contributed by atoms with Crippen LogP contribution in [0.3, 0.4) is 0 Å². The standard InChI is InChI=1S/C7H7N7O3/c15-6(8-1-3-11-13-14-12-3)4-5(7(16)17)10-2-9-4/h2H,1H2,(H,8,15)(H,9,10)(H,16,17)(H,11,12,13,14). The van der Waals surface area contributed by atoms with E-state index < -0.39 is 11.9 Å². The molecular formula is C7H7N7O3. The first-order chi connectivity index (χ1) is 8.18. The lowest BCUT2D eigenvalue weighted by Gasteiger charge is -2.00. The van der Waals surface area contributed by atoms with E-state index in [0.29, 0.717) is 0 Å². The molecule has 0 spiro atoms. The van der Waals surface area contributed by atoms with Gasteiger partial charge in [0.2, 0.25) is 0 Å². The maximum Gasteiger partial charge on any atom is 0.354 e. The summed E-state index contributed by atoms with van der Waals surface area (Å²) in [5, 5.41) is 23.9. The minimum Gasteiger partial charge on any atom is -0.477 e. The number of hydrogen-bond donors (Lipinski definition) is 4. The zero-order chi connectivity index (χ0) is 12.3. The Morgan fingerprint density at radius 3 is 2.94 bits per heavy atom. The van der Waals surface area contributed by atoms with E-state index in [0.717, 1.165) is 6.33 Å². The number of carbonyl (C=O) groups is 2. The number of H-pyrrole nitrogens is 2. The van der Waals surface area contributed by atoms with E-state index in [1.807, 2.05) is 0 Å². The monoisotopic (exact) mass is 237 g/mol. The number of tetrazole rings is 1. The number of hydrogen-bond acceptors (Lipinski definition) is 6. The fraction of sp³-hybridized carbons (Fsp3) is 0.143. The number of nitrogens with one attached hydrogen (secondary N) is 3. The molecule has 4 N–H and O–H groups in total. The van der Waals surface area contributed by atoms with Crippen molar-refractivity contribution >= 4 is 11.9 Å². The molecular weight excluding hydrogens is 230 g/mol. The second-order valence-electron chi connectivity index (χ2n) is 2.94. The minimum atomic E-state index is -1.26. The van der Waals surface area contributed by atoms with Gasteiger partial charge in [0.1, 0.15) is 0 Å². The van der Waals surface area contributed by atoms with Gasteiger partial charge in [-0.3, -0.25) is 4.79 Å². The molecule has 0 bridgehead atoms. The zero-order valence-electron chi connectivity index (χ0n) is 8.34. The largest absolute Gasteiger partial charge is 0.477 e. The third-order valence-corrected chi connectivity index (χ3v) is 1.86. The molecule has 0 aromatic carbocycles. The number of carboxylic acid groups (broad SMARTS) is 1. The van der Waals surface area contributed by atoms with Crippen LogP contribution in [0.15, 0.2) is 6.33 Å². The molecule has 0 aliphatic heterocycles. The van der Waals surface area contributed by atoms with E-state index in [2.05, 4.69) is 35.9 Å². The highest BCUT2D eigenvalue weighted by Crippen LogP contribution is 2.02. The topological polar surface area (TPSA) is 150 Å². The van der Waals surface area contributed by atoms with Crippen molar-refractivity contribution in [1.82, 2.24) is 35.9 Å². The van der Waals surface area contributed by atoms with Crippen LogP contribution in [0.25, 0.3) is 0 Å². The highest BCUT2D eigenvalue weighted by atomic mass is 16.4. The van der Waals surface area contributed by atoms with Crippen LogP contribution in [0.4, 0.5) is 0 Å². The number of carboxylic acids is 1. The van der Waals surface area contributed by atoms with E-state index in [1.54, 1.807) is 0 Å². The Balaban J connectivity index is 2.04. The summed E-state index contributed by atoms with van der Waals surface area (Å²) in [5.74, 6) is -1.61. The number of aromatic carboxylic acids is 1. The summed E-state index contributed by atoms with van der Waals surface area (Å²) in [6.07, 6.45) is 1.13. The molecule has 88 valence electrons. The Morgan fingerprint density at radius 1 is 1.47 bits per heavy atom. The smallest absolute Gasteiger partial charge is 0.354 e. The molecule has 10 heteroatoms. The van der Waals surface area contributed by atoms with Crippen LogP contribution in [0.1, 0.15) is 26.8 Å². The average molecular weight is 237 g/mol. The molecule has 0 unspecified atom stereocenters. The van der Waals surface area contributed by atoms with Gasteiger partial charge in [-0.25, -0.2) is 9.78 Å². The van der Waals surface area contributed by atoms with Gasteiger partial charge in [0.25, 0.3) is 5.91 Å². The maximum absolute atomic E-state index is 11.6. The Morgan fingerprint density at radius 2 is 2.29 bits per heavy atom. The Kier molecular flexibility index (Phi) is 2.77. The average Bonchev–Trinajstić information content (AvgIpc) is 2.96. The van der Waals surface area contributed by atoms with Crippen molar-refractivity contribution in [2.24, 2.45) is 0 Å². The van der Waals surface area contributed by atoms with Gasteiger partial charge in [0.05, 0.1) is 12.9 Å². The number of aromatic amines is 2. The highest BCUT2D eigenvalue weighted by molar-refractivity contribution is 6.02. The number of amides is 1.